The standard InChI is InChI=1S/C18H27NO2/c1-3-21-18(20)16-8-5-9-17(13-16)19-11-10-15-7-4-6-14(2)12-15/h4,6-7,12,16-17,19H,3,5,8-11,13H2,1-2H3. The van der Waals surface area contributed by atoms with Gasteiger partial charge in [-0.25, -0.2) is 0 Å². The molecule has 0 amide bonds. The highest BCUT2D eigenvalue weighted by Gasteiger charge is 2.27. The molecule has 0 aliphatic heterocycles. The van der Waals surface area contributed by atoms with E-state index in [-0.39, 0.29) is 11.9 Å². The van der Waals surface area contributed by atoms with Gasteiger partial charge in [0.25, 0.3) is 0 Å². The number of carbonyl (C=O) groups excluding carboxylic acids is 1. The Labute approximate surface area is 128 Å². The van der Waals surface area contributed by atoms with Crippen molar-refractivity contribution in [1.29, 1.82) is 0 Å². The van der Waals surface area contributed by atoms with E-state index in [0.29, 0.717) is 12.6 Å². The highest BCUT2D eigenvalue weighted by Crippen LogP contribution is 2.25. The first kappa shape index (κ1) is 16.0. The third-order valence-corrected chi connectivity index (χ3v) is 4.22. The van der Waals surface area contributed by atoms with Gasteiger partial charge < -0.3 is 10.1 Å². The molecule has 1 aliphatic rings. The van der Waals surface area contributed by atoms with Crippen LogP contribution >= 0.6 is 0 Å². The zero-order valence-corrected chi connectivity index (χ0v) is 13.2. The number of esters is 1. The zero-order chi connectivity index (χ0) is 15.1. The van der Waals surface area contributed by atoms with Crippen molar-refractivity contribution < 1.29 is 9.53 Å². The van der Waals surface area contributed by atoms with E-state index in [1.807, 2.05) is 6.92 Å². The van der Waals surface area contributed by atoms with Crippen LogP contribution in [0.2, 0.25) is 0 Å². The quantitative estimate of drug-likeness (QED) is 0.817. The van der Waals surface area contributed by atoms with Crippen LogP contribution in [0.1, 0.15) is 43.7 Å². The molecule has 1 saturated carbocycles. The Bertz CT molecular complexity index is 458. The molecule has 2 atom stereocenters. The maximum atomic E-state index is 11.8. The lowest BCUT2D eigenvalue weighted by atomic mass is 9.85. The number of hydrogen-bond donors (Lipinski definition) is 1. The Morgan fingerprint density at radius 2 is 2.24 bits per heavy atom. The van der Waals surface area contributed by atoms with Crippen molar-refractivity contribution in [2.45, 2.75) is 52.0 Å². The summed E-state index contributed by atoms with van der Waals surface area (Å²) in [5.41, 5.74) is 2.69. The van der Waals surface area contributed by atoms with E-state index in [2.05, 4.69) is 36.5 Å². The van der Waals surface area contributed by atoms with Crippen LogP contribution in [0.15, 0.2) is 24.3 Å². The predicted octanol–water partition coefficient (Wildman–Crippen LogP) is 3.25. The smallest absolute Gasteiger partial charge is 0.308 e. The Morgan fingerprint density at radius 1 is 1.38 bits per heavy atom. The molecule has 3 heteroatoms. The first-order valence-electron chi connectivity index (χ1n) is 8.14. The van der Waals surface area contributed by atoms with Crippen molar-refractivity contribution in [2.75, 3.05) is 13.2 Å². The van der Waals surface area contributed by atoms with Gasteiger partial charge in [-0.1, -0.05) is 36.2 Å². The van der Waals surface area contributed by atoms with Crippen LogP contribution in [0, 0.1) is 12.8 Å². The highest BCUT2D eigenvalue weighted by atomic mass is 16.5. The topological polar surface area (TPSA) is 38.3 Å². The van der Waals surface area contributed by atoms with Crippen molar-refractivity contribution in [3.05, 3.63) is 35.4 Å². The molecule has 0 aromatic heterocycles. The average molecular weight is 289 g/mol. The van der Waals surface area contributed by atoms with Crippen LogP contribution in [-0.4, -0.2) is 25.2 Å². The predicted molar refractivity (Wildman–Crippen MR) is 85.3 cm³/mol. The number of carbonyl (C=O) groups is 1. The summed E-state index contributed by atoms with van der Waals surface area (Å²) in [6, 6.07) is 9.11. The molecule has 3 nitrogen and oxygen atoms in total. The molecule has 2 unspecified atom stereocenters. The summed E-state index contributed by atoms with van der Waals surface area (Å²) in [5, 5.41) is 3.61. The summed E-state index contributed by atoms with van der Waals surface area (Å²) in [7, 11) is 0. The van der Waals surface area contributed by atoms with E-state index < -0.39 is 0 Å². The van der Waals surface area contributed by atoms with Crippen LogP contribution in [0.4, 0.5) is 0 Å². The monoisotopic (exact) mass is 289 g/mol. The SMILES string of the molecule is CCOC(=O)C1CCCC(NCCc2cccc(C)c2)C1. The third-order valence-electron chi connectivity index (χ3n) is 4.22. The fourth-order valence-electron chi connectivity index (χ4n) is 3.14. The molecule has 0 bridgehead atoms. The number of aryl methyl sites for hydroxylation is 1. The minimum absolute atomic E-state index is 0.0114. The van der Waals surface area contributed by atoms with Gasteiger partial charge in [-0.05, 0) is 51.6 Å². The largest absolute Gasteiger partial charge is 0.466 e. The van der Waals surface area contributed by atoms with Crippen molar-refractivity contribution in [3.8, 4) is 0 Å². The van der Waals surface area contributed by atoms with E-state index in [9.17, 15) is 4.79 Å². The van der Waals surface area contributed by atoms with Crippen LogP contribution in [0.5, 0.6) is 0 Å². The van der Waals surface area contributed by atoms with Gasteiger partial charge >= 0.3 is 5.97 Å². The van der Waals surface area contributed by atoms with Gasteiger partial charge in [0.15, 0.2) is 0 Å². The molecule has 1 aromatic carbocycles. The van der Waals surface area contributed by atoms with Crippen LogP contribution < -0.4 is 5.32 Å². The van der Waals surface area contributed by atoms with E-state index in [1.54, 1.807) is 0 Å². The van der Waals surface area contributed by atoms with Gasteiger partial charge in [-0.3, -0.25) is 4.79 Å². The number of nitrogens with one attached hydrogen (secondary N) is 1. The minimum Gasteiger partial charge on any atom is -0.466 e. The lowest BCUT2D eigenvalue weighted by Gasteiger charge is -2.28. The fraction of sp³-hybridized carbons (Fsp3) is 0.611. The summed E-state index contributed by atoms with van der Waals surface area (Å²) in [4.78, 5) is 11.8. The first-order chi connectivity index (χ1) is 10.2. The number of hydrogen-bond acceptors (Lipinski definition) is 3. The fourth-order valence-corrected chi connectivity index (χ4v) is 3.14. The Morgan fingerprint density at radius 3 is 3.00 bits per heavy atom. The Balaban J connectivity index is 1.74. The second-order valence-corrected chi connectivity index (χ2v) is 6.01. The van der Waals surface area contributed by atoms with Gasteiger partial charge in [-0.15, -0.1) is 0 Å². The van der Waals surface area contributed by atoms with Crippen molar-refractivity contribution in [3.63, 3.8) is 0 Å². The first-order valence-corrected chi connectivity index (χ1v) is 8.14. The molecular formula is C18H27NO2. The highest BCUT2D eigenvalue weighted by molar-refractivity contribution is 5.72. The summed E-state index contributed by atoms with van der Waals surface area (Å²) in [6.07, 6.45) is 5.24. The van der Waals surface area contributed by atoms with Crippen LogP contribution in [-0.2, 0) is 16.0 Å². The molecule has 1 aliphatic carbocycles. The summed E-state index contributed by atoms with van der Waals surface area (Å²) in [5.74, 6) is 0.0813. The minimum atomic E-state index is -0.0114. The molecule has 21 heavy (non-hydrogen) atoms. The zero-order valence-electron chi connectivity index (χ0n) is 13.2. The van der Waals surface area contributed by atoms with Gasteiger partial charge in [-0.2, -0.15) is 0 Å². The normalized spacial score (nSPS) is 22.0. The van der Waals surface area contributed by atoms with Crippen molar-refractivity contribution >= 4 is 5.97 Å². The molecule has 0 saturated heterocycles. The van der Waals surface area contributed by atoms with Crippen LogP contribution in [0.25, 0.3) is 0 Å². The molecular weight excluding hydrogens is 262 g/mol. The molecule has 116 valence electrons. The molecule has 1 N–H and O–H groups in total. The van der Waals surface area contributed by atoms with Crippen LogP contribution in [0.3, 0.4) is 0 Å². The average Bonchev–Trinajstić information content (AvgIpc) is 2.48. The van der Waals surface area contributed by atoms with E-state index >= 15 is 0 Å². The second-order valence-electron chi connectivity index (χ2n) is 6.01. The lowest BCUT2D eigenvalue weighted by Crippen LogP contribution is -2.37. The third kappa shape index (κ3) is 5.16. The molecule has 0 radical (unpaired) electrons. The summed E-state index contributed by atoms with van der Waals surface area (Å²) >= 11 is 0. The summed E-state index contributed by atoms with van der Waals surface area (Å²) < 4.78 is 5.15. The van der Waals surface area contributed by atoms with Gasteiger partial charge in [0.1, 0.15) is 0 Å². The summed E-state index contributed by atoms with van der Waals surface area (Å²) in [6.45, 7) is 5.46. The lowest BCUT2D eigenvalue weighted by molar-refractivity contribution is -0.149. The molecule has 2 rings (SSSR count). The van der Waals surface area contributed by atoms with Crippen molar-refractivity contribution in [2.24, 2.45) is 5.92 Å². The molecule has 0 heterocycles. The maximum Gasteiger partial charge on any atom is 0.308 e. The van der Waals surface area contributed by atoms with E-state index in [0.717, 1.165) is 32.2 Å². The molecule has 1 aromatic rings. The van der Waals surface area contributed by atoms with E-state index in [1.165, 1.54) is 17.5 Å². The Hall–Kier alpha value is -1.35. The van der Waals surface area contributed by atoms with Gasteiger partial charge in [0.05, 0.1) is 12.5 Å². The van der Waals surface area contributed by atoms with Gasteiger partial charge in [0, 0.05) is 6.04 Å². The molecule has 1 fully saturated rings. The number of ether oxygens (including phenoxy) is 1. The van der Waals surface area contributed by atoms with E-state index in [4.69, 9.17) is 4.74 Å². The molecule has 0 spiro atoms. The number of benzene rings is 1. The van der Waals surface area contributed by atoms with Gasteiger partial charge in [0.2, 0.25) is 0 Å². The van der Waals surface area contributed by atoms with Crippen molar-refractivity contribution in [1.82, 2.24) is 5.32 Å². The maximum absolute atomic E-state index is 11.8. The number of rotatable bonds is 6. The Kier molecular flexibility index (Phi) is 6.24. The second kappa shape index (κ2) is 8.18.